The third-order valence-corrected chi connectivity index (χ3v) is 2.76. The summed E-state index contributed by atoms with van der Waals surface area (Å²) in [6.45, 7) is 3.57. The summed E-state index contributed by atoms with van der Waals surface area (Å²) in [5.41, 5.74) is 1.07. The van der Waals surface area contributed by atoms with E-state index in [9.17, 15) is 4.79 Å². The van der Waals surface area contributed by atoms with Crippen molar-refractivity contribution < 1.29 is 9.53 Å². The number of nitrogens with zero attached hydrogens (tertiary/aromatic N) is 1. The van der Waals surface area contributed by atoms with Gasteiger partial charge in [-0.1, -0.05) is 0 Å². The SMILES string of the molecule is COC(=O)CCCNCc1csc(C)n1. The Labute approximate surface area is 93.7 Å². The summed E-state index contributed by atoms with van der Waals surface area (Å²) < 4.78 is 4.54. The predicted molar refractivity (Wildman–Crippen MR) is 59.8 cm³/mol. The average molecular weight is 228 g/mol. The lowest BCUT2D eigenvalue weighted by atomic mass is 10.3. The second-order valence-electron chi connectivity index (χ2n) is 3.21. The molecule has 1 heterocycles. The van der Waals surface area contributed by atoms with Crippen LogP contribution >= 0.6 is 11.3 Å². The maximum Gasteiger partial charge on any atom is 0.305 e. The van der Waals surface area contributed by atoms with Gasteiger partial charge >= 0.3 is 5.97 Å². The Morgan fingerprint density at radius 2 is 2.47 bits per heavy atom. The first-order valence-corrected chi connectivity index (χ1v) is 5.79. The van der Waals surface area contributed by atoms with Crippen LogP contribution in [0.2, 0.25) is 0 Å². The first-order valence-electron chi connectivity index (χ1n) is 4.91. The van der Waals surface area contributed by atoms with Crippen molar-refractivity contribution in [3.8, 4) is 0 Å². The molecule has 15 heavy (non-hydrogen) atoms. The van der Waals surface area contributed by atoms with Crippen molar-refractivity contribution in [1.82, 2.24) is 10.3 Å². The van der Waals surface area contributed by atoms with E-state index in [4.69, 9.17) is 0 Å². The van der Waals surface area contributed by atoms with E-state index >= 15 is 0 Å². The highest BCUT2D eigenvalue weighted by Gasteiger charge is 2.00. The summed E-state index contributed by atoms with van der Waals surface area (Å²) in [6.07, 6.45) is 1.27. The highest BCUT2D eigenvalue weighted by atomic mass is 32.1. The number of rotatable bonds is 6. The first-order chi connectivity index (χ1) is 7.22. The lowest BCUT2D eigenvalue weighted by molar-refractivity contribution is -0.140. The summed E-state index contributed by atoms with van der Waals surface area (Å²) >= 11 is 1.65. The summed E-state index contributed by atoms with van der Waals surface area (Å²) in [5.74, 6) is -0.152. The van der Waals surface area contributed by atoms with E-state index in [1.54, 1.807) is 11.3 Å². The van der Waals surface area contributed by atoms with Crippen molar-refractivity contribution in [3.63, 3.8) is 0 Å². The van der Waals surface area contributed by atoms with E-state index in [2.05, 4.69) is 15.0 Å². The van der Waals surface area contributed by atoms with Gasteiger partial charge in [0.15, 0.2) is 0 Å². The summed E-state index contributed by atoms with van der Waals surface area (Å²) in [7, 11) is 1.41. The van der Waals surface area contributed by atoms with Crippen LogP contribution in [-0.2, 0) is 16.1 Å². The van der Waals surface area contributed by atoms with Crippen molar-refractivity contribution in [2.45, 2.75) is 26.3 Å². The molecule has 84 valence electrons. The number of nitrogens with one attached hydrogen (secondary N) is 1. The van der Waals surface area contributed by atoms with Crippen molar-refractivity contribution in [2.24, 2.45) is 0 Å². The van der Waals surface area contributed by atoms with E-state index in [0.717, 1.165) is 30.2 Å². The minimum atomic E-state index is -0.152. The quantitative estimate of drug-likeness (QED) is 0.592. The third kappa shape index (κ3) is 4.90. The number of thiazole rings is 1. The number of esters is 1. The Bertz CT molecular complexity index is 312. The maximum atomic E-state index is 10.8. The van der Waals surface area contributed by atoms with Gasteiger partial charge < -0.3 is 10.1 Å². The zero-order chi connectivity index (χ0) is 11.1. The topological polar surface area (TPSA) is 51.2 Å². The normalized spacial score (nSPS) is 10.3. The lowest BCUT2D eigenvalue weighted by Crippen LogP contribution is -2.16. The van der Waals surface area contributed by atoms with Crippen LogP contribution in [0.25, 0.3) is 0 Å². The molecule has 0 bridgehead atoms. The molecule has 0 aromatic carbocycles. The molecule has 0 aliphatic heterocycles. The molecular weight excluding hydrogens is 212 g/mol. The van der Waals surface area contributed by atoms with E-state index in [-0.39, 0.29) is 5.97 Å². The highest BCUT2D eigenvalue weighted by Crippen LogP contribution is 2.07. The Hall–Kier alpha value is -0.940. The molecule has 0 spiro atoms. The van der Waals surface area contributed by atoms with Gasteiger partial charge in [-0.25, -0.2) is 4.98 Å². The van der Waals surface area contributed by atoms with E-state index in [1.165, 1.54) is 7.11 Å². The van der Waals surface area contributed by atoms with Crippen molar-refractivity contribution in [1.29, 1.82) is 0 Å². The van der Waals surface area contributed by atoms with Gasteiger partial charge in [-0.05, 0) is 19.9 Å². The monoisotopic (exact) mass is 228 g/mol. The second kappa shape index (κ2) is 6.53. The van der Waals surface area contributed by atoms with E-state index in [1.807, 2.05) is 12.3 Å². The molecule has 4 nitrogen and oxygen atoms in total. The molecule has 0 radical (unpaired) electrons. The molecule has 0 fully saturated rings. The van der Waals surface area contributed by atoms with Gasteiger partial charge in [-0.3, -0.25) is 4.79 Å². The lowest BCUT2D eigenvalue weighted by Gasteiger charge is -2.01. The summed E-state index contributed by atoms with van der Waals surface area (Å²) in [6, 6.07) is 0. The molecule has 0 saturated heterocycles. The number of ether oxygens (including phenoxy) is 1. The van der Waals surface area contributed by atoms with Crippen LogP contribution in [0.1, 0.15) is 23.5 Å². The zero-order valence-electron chi connectivity index (χ0n) is 9.08. The second-order valence-corrected chi connectivity index (χ2v) is 4.28. The fourth-order valence-corrected chi connectivity index (χ4v) is 1.78. The minimum Gasteiger partial charge on any atom is -0.469 e. The molecule has 0 unspecified atom stereocenters. The third-order valence-electron chi connectivity index (χ3n) is 1.93. The van der Waals surface area contributed by atoms with Crippen LogP contribution in [0.3, 0.4) is 0 Å². The highest BCUT2D eigenvalue weighted by molar-refractivity contribution is 7.09. The largest absolute Gasteiger partial charge is 0.469 e. The molecule has 1 rings (SSSR count). The molecule has 0 aliphatic carbocycles. The van der Waals surface area contributed by atoms with Crippen LogP contribution in [0.4, 0.5) is 0 Å². The van der Waals surface area contributed by atoms with Gasteiger partial charge in [0.1, 0.15) is 0 Å². The molecule has 0 atom stereocenters. The molecule has 5 heteroatoms. The molecule has 0 amide bonds. The van der Waals surface area contributed by atoms with Gasteiger partial charge in [0.25, 0.3) is 0 Å². The summed E-state index contributed by atoms with van der Waals surface area (Å²) in [5, 5.41) is 6.36. The van der Waals surface area contributed by atoms with Crippen LogP contribution in [0.15, 0.2) is 5.38 Å². The number of carbonyl (C=O) groups excluding carboxylic acids is 1. The van der Waals surface area contributed by atoms with Crippen molar-refractivity contribution in [3.05, 3.63) is 16.1 Å². The number of aryl methyl sites for hydroxylation is 1. The van der Waals surface area contributed by atoms with Gasteiger partial charge in [-0.2, -0.15) is 0 Å². The van der Waals surface area contributed by atoms with Crippen LogP contribution < -0.4 is 5.32 Å². The fourth-order valence-electron chi connectivity index (χ4n) is 1.17. The molecule has 0 aliphatic rings. The predicted octanol–water partition coefficient (Wildman–Crippen LogP) is 1.49. The van der Waals surface area contributed by atoms with Gasteiger partial charge in [0.05, 0.1) is 17.8 Å². The maximum absolute atomic E-state index is 10.8. The number of methoxy groups -OCH3 is 1. The molecular formula is C10H16N2O2S. The van der Waals surface area contributed by atoms with E-state index in [0.29, 0.717) is 6.42 Å². The Balaban J connectivity index is 2.05. The number of carbonyl (C=O) groups is 1. The number of hydrogen-bond acceptors (Lipinski definition) is 5. The molecule has 0 saturated carbocycles. The van der Waals surface area contributed by atoms with Gasteiger partial charge in [0.2, 0.25) is 0 Å². The Kier molecular flexibility index (Phi) is 5.28. The van der Waals surface area contributed by atoms with Crippen molar-refractivity contribution >= 4 is 17.3 Å². The minimum absolute atomic E-state index is 0.152. The summed E-state index contributed by atoms with van der Waals surface area (Å²) in [4.78, 5) is 15.1. The zero-order valence-corrected chi connectivity index (χ0v) is 9.89. The molecule has 1 aromatic heterocycles. The van der Waals surface area contributed by atoms with Crippen LogP contribution in [0.5, 0.6) is 0 Å². The smallest absolute Gasteiger partial charge is 0.305 e. The standard InChI is InChI=1S/C10H16N2O2S/c1-8-12-9(7-15-8)6-11-5-3-4-10(13)14-2/h7,11H,3-6H2,1-2H3. The number of hydrogen-bond donors (Lipinski definition) is 1. The van der Waals surface area contributed by atoms with Gasteiger partial charge in [-0.15, -0.1) is 11.3 Å². The van der Waals surface area contributed by atoms with Crippen LogP contribution in [-0.4, -0.2) is 24.6 Å². The van der Waals surface area contributed by atoms with Crippen LogP contribution in [0, 0.1) is 6.92 Å². The first kappa shape index (κ1) is 12.1. The number of aromatic nitrogens is 1. The Morgan fingerprint density at radius 3 is 3.07 bits per heavy atom. The van der Waals surface area contributed by atoms with Crippen molar-refractivity contribution in [2.75, 3.05) is 13.7 Å². The fraction of sp³-hybridized carbons (Fsp3) is 0.600. The molecule has 1 aromatic rings. The molecule has 1 N–H and O–H groups in total. The van der Waals surface area contributed by atoms with Gasteiger partial charge in [0, 0.05) is 18.3 Å². The average Bonchev–Trinajstić information content (AvgIpc) is 2.63. The Morgan fingerprint density at radius 1 is 1.67 bits per heavy atom. The van der Waals surface area contributed by atoms with E-state index < -0.39 is 0 Å².